The summed E-state index contributed by atoms with van der Waals surface area (Å²) in [4.78, 5) is 20.8. The summed E-state index contributed by atoms with van der Waals surface area (Å²) in [7, 11) is 5.21. The quantitative estimate of drug-likeness (QED) is 0.279. The van der Waals surface area contributed by atoms with Gasteiger partial charge < -0.3 is 25.4 Å². The van der Waals surface area contributed by atoms with Gasteiger partial charge in [-0.15, -0.1) is 0 Å². The highest BCUT2D eigenvalue weighted by Gasteiger charge is 2.34. The zero-order valence-electron chi connectivity index (χ0n) is 22.6. The number of rotatable bonds is 9. The van der Waals surface area contributed by atoms with Gasteiger partial charge in [-0.1, -0.05) is 60.7 Å². The van der Waals surface area contributed by atoms with Crippen LogP contribution >= 0.6 is 0 Å². The van der Waals surface area contributed by atoms with Crippen molar-refractivity contribution in [2.24, 2.45) is 0 Å². The number of amides is 2. The predicted octanol–water partition coefficient (Wildman–Crippen LogP) is 5.19. The van der Waals surface area contributed by atoms with E-state index in [9.17, 15) is 4.79 Å². The SMILES string of the molecule is CNc1cc2cc(NC(=O)N[C@@H]3CN(CCOC)C[C@H]3c3ccccc3)c(-c3ccccc3)nc2cc1OC. The second-order valence-corrected chi connectivity index (χ2v) is 9.72. The largest absolute Gasteiger partial charge is 0.495 e. The summed E-state index contributed by atoms with van der Waals surface area (Å²) in [6, 6.07) is 25.8. The maximum atomic E-state index is 13.5. The fourth-order valence-electron chi connectivity index (χ4n) is 5.28. The van der Waals surface area contributed by atoms with Gasteiger partial charge in [0.1, 0.15) is 5.75 Å². The molecule has 2 heterocycles. The van der Waals surface area contributed by atoms with E-state index in [1.165, 1.54) is 5.56 Å². The molecule has 8 heteroatoms. The molecule has 1 aromatic heterocycles. The number of carbonyl (C=O) groups excluding carboxylic acids is 1. The zero-order chi connectivity index (χ0) is 27.2. The Hall–Kier alpha value is -4.14. The van der Waals surface area contributed by atoms with Crippen LogP contribution in [0.4, 0.5) is 16.2 Å². The molecular weight excluding hydrogens is 490 g/mol. The molecule has 39 heavy (non-hydrogen) atoms. The van der Waals surface area contributed by atoms with Crippen molar-refractivity contribution < 1.29 is 14.3 Å². The van der Waals surface area contributed by atoms with E-state index in [0.717, 1.165) is 41.8 Å². The number of aromatic nitrogens is 1. The number of hydrogen-bond donors (Lipinski definition) is 3. The van der Waals surface area contributed by atoms with Crippen LogP contribution in [0.15, 0.2) is 78.9 Å². The molecule has 1 saturated heterocycles. The lowest BCUT2D eigenvalue weighted by atomic mass is 9.94. The van der Waals surface area contributed by atoms with Gasteiger partial charge in [0.05, 0.1) is 42.3 Å². The summed E-state index contributed by atoms with van der Waals surface area (Å²) in [5.41, 5.74) is 5.11. The number of pyridine rings is 1. The first-order chi connectivity index (χ1) is 19.1. The van der Waals surface area contributed by atoms with E-state index in [1.54, 1.807) is 14.2 Å². The van der Waals surface area contributed by atoms with E-state index in [0.29, 0.717) is 23.7 Å². The van der Waals surface area contributed by atoms with Crippen molar-refractivity contribution in [1.29, 1.82) is 0 Å². The summed E-state index contributed by atoms with van der Waals surface area (Å²) in [6.07, 6.45) is 0. The van der Waals surface area contributed by atoms with Crippen LogP contribution in [0.1, 0.15) is 11.5 Å². The standard InChI is InChI=1S/C31H35N5O3/c1-32-26-16-23-17-27(30(22-12-8-5-9-13-22)33-25(23)18-29(26)39-3)34-31(37)35-28-20-36(14-15-38-2)19-24(28)21-10-6-4-7-11-21/h4-13,16-18,24,28,32H,14-15,19-20H2,1-3H3,(H2,34,35,37)/t24-,28+/m0/s1. The highest BCUT2D eigenvalue weighted by Crippen LogP contribution is 2.35. The first kappa shape index (κ1) is 26.5. The smallest absolute Gasteiger partial charge is 0.319 e. The maximum absolute atomic E-state index is 13.5. The Morgan fingerprint density at radius 1 is 0.974 bits per heavy atom. The molecule has 5 rings (SSSR count). The van der Waals surface area contributed by atoms with Gasteiger partial charge in [-0.05, 0) is 17.7 Å². The highest BCUT2D eigenvalue weighted by atomic mass is 16.5. The Bertz CT molecular complexity index is 1410. The van der Waals surface area contributed by atoms with Crippen molar-refractivity contribution in [3.05, 3.63) is 84.4 Å². The number of fused-ring (bicyclic) bond motifs is 1. The van der Waals surface area contributed by atoms with Crippen LogP contribution in [-0.2, 0) is 4.74 Å². The number of hydrogen-bond acceptors (Lipinski definition) is 6. The van der Waals surface area contributed by atoms with Gasteiger partial charge in [-0.2, -0.15) is 0 Å². The number of ether oxygens (including phenoxy) is 2. The summed E-state index contributed by atoms with van der Waals surface area (Å²) in [6.45, 7) is 3.09. The van der Waals surface area contributed by atoms with Crippen LogP contribution in [-0.4, -0.2) is 69.5 Å². The van der Waals surface area contributed by atoms with Gasteiger partial charge in [-0.3, -0.25) is 4.90 Å². The van der Waals surface area contributed by atoms with Crippen molar-refractivity contribution in [2.45, 2.75) is 12.0 Å². The molecular formula is C31H35N5O3. The third-order valence-electron chi connectivity index (χ3n) is 7.25. The molecule has 3 aromatic carbocycles. The van der Waals surface area contributed by atoms with Crippen molar-refractivity contribution in [3.8, 4) is 17.0 Å². The molecule has 1 aliphatic rings. The van der Waals surface area contributed by atoms with Gasteiger partial charge >= 0.3 is 6.03 Å². The van der Waals surface area contributed by atoms with Crippen LogP contribution < -0.4 is 20.7 Å². The van der Waals surface area contributed by atoms with Crippen LogP contribution in [0, 0.1) is 0 Å². The fraction of sp³-hybridized carbons (Fsp3) is 0.290. The molecule has 0 unspecified atom stereocenters. The number of nitrogens with zero attached hydrogens (tertiary/aromatic N) is 2. The lowest BCUT2D eigenvalue weighted by Gasteiger charge is -2.21. The third kappa shape index (κ3) is 5.97. The molecule has 0 spiro atoms. The van der Waals surface area contributed by atoms with Gasteiger partial charge in [0, 0.05) is 56.7 Å². The van der Waals surface area contributed by atoms with Crippen LogP contribution in [0.5, 0.6) is 5.75 Å². The van der Waals surface area contributed by atoms with E-state index < -0.39 is 0 Å². The Morgan fingerprint density at radius 3 is 2.38 bits per heavy atom. The Balaban J connectivity index is 1.44. The van der Waals surface area contributed by atoms with E-state index >= 15 is 0 Å². The van der Waals surface area contributed by atoms with E-state index in [2.05, 4.69) is 33.0 Å². The normalized spacial score (nSPS) is 17.2. The van der Waals surface area contributed by atoms with Gasteiger partial charge in [0.15, 0.2) is 0 Å². The predicted molar refractivity (Wildman–Crippen MR) is 157 cm³/mol. The minimum absolute atomic E-state index is 0.0435. The molecule has 8 nitrogen and oxygen atoms in total. The number of carbonyl (C=O) groups is 1. The first-order valence-corrected chi connectivity index (χ1v) is 13.2. The first-order valence-electron chi connectivity index (χ1n) is 13.2. The monoisotopic (exact) mass is 525 g/mol. The van der Waals surface area contributed by atoms with Crippen LogP contribution in [0.3, 0.4) is 0 Å². The number of methoxy groups -OCH3 is 2. The maximum Gasteiger partial charge on any atom is 0.319 e. The second-order valence-electron chi connectivity index (χ2n) is 9.72. The number of anilines is 2. The Morgan fingerprint density at radius 2 is 1.69 bits per heavy atom. The van der Waals surface area contributed by atoms with Crippen molar-refractivity contribution in [2.75, 3.05) is 58.1 Å². The minimum Gasteiger partial charge on any atom is -0.495 e. The molecule has 1 aliphatic heterocycles. The fourth-order valence-corrected chi connectivity index (χ4v) is 5.28. The Kier molecular flexibility index (Phi) is 8.24. The highest BCUT2D eigenvalue weighted by molar-refractivity contribution is 5.99. The number of nitrogens with one attached hydrogen (secondary N) is 3. The van der Waals surface area contributed by atoms with Crippen molar-refractivity contribution >= 4 is 28.3 Å². The Labute approximate surface area is 229 Å². The summed E-state index contributed by atoms with van der Waals surface area (Å²) in [5, 5.41) is 10.4. The minimum atomic E-state index is -0.254. The number of likely N-dealkylation sites (tertiary alicyclic amines) is 1. The molecule has 0 saturated carbocycles. The van der Waals surface area contributed by atoms with Crippen LogP contribution in [0.2, 0.25) is 0 Å². The van der Waals surface area contributed by atoms with E-state index in [4.69, 9.17) is 14.5 Å². The van der Waals surface area contributed by atoms with Crippen molar-refractivity contribution in [3.63, 3.8) is 0 Å². The molecule has 0 aliphatic carbocycles. The lowest BCUT2D eigenvalue weighted by molar-refractivity contribution is 0.159. The topological polar surface area (TPSA) is 87.8 Å². The molecule has 2 amide bonds. The summed E-state index contributed by atoms with van der Waals surface area (Å²) < 4.78 is 10.8. The van der Waals surface area contributed by atoms with Crippen molar-refractivity contribution in [1.82, 2.24) is 15.2 Å². The average molecular weight is 526 g/mol. The number of benzene rings is 3. The molecule has 4 aromatic rings. The average Bonchev–Trinajstić information content (AvgIpc) is 3.38. The number of urea groups is 1. The summed E-state index contributed by atoms with van der Waals surface area (Å²) in [5.74, 6) is 0.893. The zero-order valence-corrected chi connectivity index (χ0v) is 22.6. The van der Waals surface area contributed by atoms with Gasteiger partial charge in [0.25, 0.3) is 0 Å². The lowest BCUT2D eigenvalue weighted by Crippen LogP contribution is -2.42. The van der Waals surface area contributed by atoms with E-state index in [1.807, 2.05) is 73.8 Å². The van der Waals surface area contributed by atoms with E-state index in [-0.39, 0.29) is 18.0 Å². The van der Waals surface area contributed by atoms with Gasteiger partial charge in [0.2, 0.25) is 0 Å². The second kappa shape index (κ2) is 12.1. The molecule has 202 valence electrons. The van der Waals surface area contributed by atoms with Gasteiger partial charge in [-0.25, -0.2) is 9.78 Å². The third-order valence-corrected chi connectivity index (χ3v) is 7.25. The molecule has 0 bridgehead atoms. The molecule has 2 atom stereocenters. The van der Waals surface area contributed by atoms with Crippen LogP contribution in [0.25, 0.3) is 22.2 Å². The molecule has 3 N–H and O–H groups in total. The summed E-state index contributed by atoms with van der Waals surface area (Å²) >= 11 is 0. The molecule has 1 fully saturated rings. The molecule has 0 radical (unpaired) electrons.